The quantitative estimate of drug-likeness (QED) is 0.774. The SMILES string of the molecule is O=S(=O)(c1cc(F)ccc1F)N1CCN(CCc2ccccc2Cl)CC1. The third kappa shape index (κ3) is 4.23. The Balaban J connectivity index is 1.61. The van der Waals surface area contributed by atoms with Crippen LogP contribution in [0.4, 0.5) is 8.78 Å². The fraction of sp³-hybridized carbons (Fsp3) is 0.333. The number of nitrogens with zero attached hydrogens (tertiary/aromatic N) is 2. The summed E-state index contributed by atoms with van der Waals surface area (Å²) >= 11 is 6.15. The highest BCUT2D eigenvalue weighted by Crippen LogP contribution is 2.22. The lowest BCUT2D eigenvalue weighted by atomic mass is 10.1. The second-order valence-electron chi connectivity index (χ2n) is 6.16. The molecule has 0 bridgehead atoms. The number of hydrogen-bond acceptors (Lipinski definition) is 3. The van der Waals surface area contributed by atoms with Crippen LogP contribution in [0.25, 0.3) is 0 Å². The molecule has 140 valence electrons. The summed E-state index contributed by atoms with van der Waals surface area (Å²) in [6.07, 6.45) is 0.769. The van der Waals surface area contributed by atoms with Crippen LogP contribution < -0.4 is 0 Å². The van der Waals surface area contributed by atoms with Crippen LogP contribution in [0.2, 0.25) is 5.02 Å². The lowest BCUT2D eigenvalue weighted by molar-refractivity contribution is 0.190. The van der Waals surface area contributed by atoms with E-state index in [0.717, 1.165) is 41.8 Å². The van der Waals surface area contributed by atoms with E-state index in [1.807, 2.05) is 24.3 Å². The van der Waals surface area contributed by atoms with Gasteiger partial charge in [0, 0.05) is 37.7 Å². The summed E-state index contributed by atoms with van der Waals surface area (Å²) < 4.78 is 53.5. The topological polar surface area (TPSA) is 40.6 Å². The molecule has 0 aliphatic carbocycles. The van der Waals surface area contributed by atoms with Crippen LogP contribution >= 0.6 is 11.6 Å². The van der Waals surface area contributed by atoms with Gasteiger partial charge in [-0.25, -0.2) is 17.2 Å². The minimum Gasteiger partial charge on any atom is -0.300 e. The molecule has 0 atom stereocenters. The molecule has 0 spiro atoms. The molecule has 0 unspecified atom stereocenters. The molecule has 0 amide bonds. The predicted octanol–water partition coefficient (Wildman–Crippen LogP) is 3.17. The highest BCUT2D eigenvalue weighted by atomic mass is 35.5. The first-order chi connectivity index (χ1) is 12.4. The molecule has 3 rings (SSSR count). The molecule has 1 aliphatic heterocycles. The van der Waals surface area contributed by atoms with Crippen molar-refractivity contribution in [3.05, 3.63) is 64.7 Å². The van der Waals surface area contributed by atoms with E-state index in [2.05, 4.69) is 4.90 Å². The smallest absolute Gasteiger partial charge is 0.246 e. The Bertz CT molecular complexity index is 885. The molecular formula is C18H19ClF2N2O2S. The van der Waals surface area contributed by atoms with E-state index < -0.39 is 26.6 Å². The average molecular weight is 401 g/mol. The van der Waals surface area contributed by atoms with Crippen molar-refractivity contribution in [1.82, 2.24) is 9.21 Å². The van der Waals surface area contributed by atoms with Gasteiger partial charge in [-0.3, -0.25) is 0 Å². The molecule has 2 aromatic rings. The third-order valence-electron chi connectivity index (χ3n) is 4.50. The zero-order valence-electron chi connectivity index (χ0n) is 14.0. The molecule has 26 heavy (non-hydrogen) atoms. The van der Waals surface area contributed by atoms with Crippen molar-refractivity contribution in [2.75, 3.05) is 32.7 Å². The maximum absolute atomic E-state index is 13.8. The van der Waals surface area contributed by atoms with Crippen molar-refractivity contribution < 1.29 is 17.2 Å². The van der Waals surface area contributed by atoms with Gasteiger partial charge in [-0.05, 0) is 36.2 Å². The van der Waals surface area contributed by atoms with Gasteiger partial charge in [-0.15, -0.1) is 0 Å². The first-order valence-electron chi connectivity index (χ1n) is 8.29. The fourth-order valence-corrected chi connectivity index (χ4v) is 4.72. The number of sulfonamides is 1. The Hall–Kier alpha value is -1.54. The minimum absolute atomic E-state index is 0.237. The van der Waals surface area contributed by atoms with Crippen LogP contribution in [0.5, 0.6) is 0 Å². The van der Waals surface area contributed by atoms with E-state index in [1.165, 1.54) is 4.31 Å². The van der Waals surface area contributed by atoms with E-state index in [9.17, 15) is 17.2 Å². The first-order valence-corrected chi connectivity index (χ1v) is 10.1. The van der Waals surface area contributed by atoms with Crippen LogP contribution in [0.1, 0.15) is 5.56 Å². The lowest BCUT2D eigenvalue weighted by Gasteiger charge is -2.34. The van der Waals surface area contributed by atoms with Crippen LogP contribution in [0.3, 0.4) is 0 Å². The van der Waals surface area contributed by atoms with Crippen LogP contribution in [0.15, 0.2) is 47.4 Å². The summed E-state index contributed by atoms with van der Waals surface area (Å²) in [4.78, 5) is 1.53. The van der Waals surface area contributed by atoms with Crippen molar-refractivity contribution in [2.45, 2.75) is 11.3 Å². The summed E-state index contributed by atoms with van der Waals surface area (Å²) in [7, 11) is -4.04. The molecular weight excluding hydrogens is 382 g/mol. The van der Waals surface area contributed by atoms with Crippen LogP contribution in [0, 0.1) is 11.6 Å². The highest BCUT2D eigenvalue weighted by Gasteiger charge is 2.30. The standard InChI is InChI=1S/C18H19ClF2N2O2S/c19-16-4-2-1-3-14(16)7-8-22-9-11-23(12-10-22)26(24,25)18-13-15(20)5-6-17(18)21/h1-6,13H,7-12H2. The average Bonchev–Trinajstić information content (AvgIpc) is 2.63. The normalized spacial score (nSPS) is 16.7. The monoisotopic (exact) mass is 400 g/mol. The summed E-state index contributed by atoms with van der Waals surface area (Å²) in [5.41, 5.74) is 1.05. The van der Waals surface area contributed by atoms with Crippen molar-refractivity contribution in [3.63, 3.8) is 0 Å². The van der Waals surface area contributed by atoms with Gasteiger partial charge in [0.2, 0.25) is 10.0 Å². The van der Waals surface area contributed by atoms with Gasteiger partial charge in [0.1, 0.15) is 16.5 Å². The number of rotatable bonds is 5. The van der Waals surface area contributed by atoms with Gasteiger partial charge in [-0.1, -0.05) is 29.8 Å². The molecule has 1 fully saturated rings. The van der Waals surface area contributed by atoms with E-state index in [-0.39, 0.29) is 13.1 Å². The molecule has 1 aliphatic rings. The Morgan fingerprint density at radius 1 is 1.00 bits per heavy atom. The van der Waals surface area contributed by atoms with E-state index >= 15 is 0 Å². The molecule has 2 aromatic carbocycles. The lowest BCUT2D eigenvalue weighted by Crippen LogP contribution is -2.49. The summed E-state index contributed by atoms with van der Waals surface area (Å²) in [6, 6.07) is 10.1. The minimum atomic E-state index is -4.04. The number of hydrogen-bond donors (Lipinski definition) is 0. The van der Waals surface area contributed by atoms with Gasteiger partial charge in [-0.2, -0.15) is 4.31 Å². The van der Waals surface area contributed by atoms with Crippen LogP contribution in [-0.4, -0.2) is 50.3 Å². The molecule has 0 aromatic heterocycles. The molecule has 0 saturated carbocycles. The van der Waals surface area contributed by atoms with Gasteiger partial charge in [0.25, 0.3) is 0 Å². The zero-order valence-corrected chi connectivity index (χ0v) is 15.6. The number of halogens is 3. The summed E-state index contributed by atoms with van der Waals surface area (Å²) in [5.74, 6) is -1.71. The van der Waals surface area contributed by atoms with E-state index in [0.29, 0.717) is 13.1 Å². The maximum atomic E-state index is 13.8. The fourth-order valence-electron chi connectivity index (χ4n) is 2.99. The summed E-state index contributed by atoms with van der Waals surface area (Å²) in [5, 5.41) is 0.718. The van der Waals surface area contributed by atoms with Crippen LogP contribution in [-0.2, 0) is 16.4 Å². The Morgan fingerprint density at radius 3 is 2.38 bits per heavy atom. The van der Waals surface area contributed by atoms with E-state index in [4.69, 9.17) is 11.6 Å². The highest BCUT2D eigenvalue weighted by molar-refractivity contribution is 7.89. The van der Waals surface area contributed by atoms with Gasteiger partial charge in [0.05, 0.1) is 0 Å². The Labute approximate surface area is 157 Å². The molecule has 1 heterocycles. The second-order valence-corrected chi connectivity index (χ2v) is 8.48. The first kappa shape index (κ1) is 19.2. The van der Waals surface area contributed by atoms with Gasteiger partial charge in [0.15, 0.2) is 0 Å². The molecule has 4 nitrogen and oxygen atoms in total. The zero-order chi connectivity index (χ0) is 18.7. The van der Waals surface area contributed by atoms with Crippen molar-refractivity contribution >= 4 is 21.6 Å². The number of benzene rings is 2. The molecule has 0 radical (unpaired) electrons. The van der Waals surface area contributed by atoms with Crippen molar-refractivity contribution in [1.29, 1.82) is 0 Å². The second kappa shape index (κ2) is 8.00. The molecule has 8 heteroatoms. The number of piperazine rings is 1. The molecule has 0 N–H and O–H groups in total. The largest absolute Gasteiger partial charge is 0.300 e. The van der Waals surface area contributed by atoms with Gasteiger partial charge < -0.3 is 4.90 Å². The molecule has 1 saturated heterocycles. The van der Waals surface area contributed by atoms with Crippen molar-refractivity contribution in [3.8, 4) is 0 Å². The Kier molecular flexibility index (Phi) is 5.92. The van der Waals surface area contributed by atoms with Crippen molar-refractivity contribution in [2.24, 2.45) is 0 Å². The predicted molar refractivity (Wildman–Crippen MR) is 96.7 cm³/mol. The summed E-state index contributed by atoms with van der Waals surface area (Å²) in [6.45, 7) is 2.29. The van der Waals surface area contributed by atoms with E-state index in [1.54, 1.807) is 0 Å². The Morgan fingerprint density at radius 2 is 1.69 bits per heavy atom. The third-order valence-corrected chi connectivity index (χ3v) is 6.78. The van der Waals surface area contributed by atoms with Gasteiger partial charge >= 0.3 is 0 Å². The maximum Gasteiger partial charge on any atom is 0.246 e.